The van der Waals surface area contributed by atoms with Crippen LogP contribution in [-0.4, -0.2) is 65.2 Å². The van der Waals surface area contributed by atoms with E-state index in [1.807, 2.05) is 13.8 Å². The topological polar surface area (TPSA) is 171 Å². The fraction of sp³-hybridized carbons (Fsp3) is 0.714. The van der Waals surface area contributed by atoms with Crippen LogP contribution >= 0.6 is 0 Å². The van der Waals surface area contributed by atoms with Crippen molar-refractivity contribution in [2.75, 3.05) is 13.1 Å². The van der Waals surface area contributed by atoms with Gasteiger partial charge in [0.05, 0.1) is 19.2 Å². The number of carbonyl (C=O) groups is 4. The fourth-order valence-electron chi connectivity index (χ4n) is 1.68. The van der Waals surface area contributed by atoms with Gasteiger partial charge in [-0.3, -0.25) is 14.4 Å². The third-order valence-electron chi connectivity index (χ3n) is 3.03. The summed E-state index contributed by atoms with van der Waals surface area (Å²) in [5, 5.41) is 24.9. The molecule has 0 aliphatic rings. The van der Waals surface area contributed by atoms with Crippen LogP contribution in [-0.2, 0) is 19.2 Å². The van der Waals surface area contributed by atoms with Gasteiger partial charge in [0.15, 0.2) is 0 Å². The average molecular weight is 346 g/mol. The summed E-state index contributed by atoms with van der Waals surface area (Å²) in [4.78, 5) is 45.6. The molecule has 3 unspecified atom stereocenters. The Bertz CT molecular complexity index is 466. The van der Waals surface area contributed by atoms with E-state index in [0.29, 0.717) is 0 Å². The van der Waals surface area contributed by atoms with Crippen molar-refractivity contribution in [2.24, 2.45) is 11.7 Å². The molecule has 0 saturated carbocycles. The molecular formula is C14H26N4O6. The Kier molecular flexibility index (Phi) is 9.58. The number of carboxylic acids is 1. The molecule has 0 spiro atoms. The number of aliphatic carboxylic acids is 1. The van der Waals surface area contributed by atoms with Crippen LogP contribution in [0.2, 0.25) is 0 Å². The zero-order valence-corrected chi connectivity index (χ0v) is 14.0. The van der Waals surface area contributed by atoms with E-state index in [1.54, 1.807) is 0 Å². The molecule has 10 heteroatoms. The first-order chi connectivity index (χ1) is 11.0. The molecular weight excluding hydrogens is 320 g/mol. The van der Waals surface area contributed by atoms with Gasteiger partial charge in [0, 0.05) is 0 Å². The van der Waals surface area contributed by atoms with Crippen molar-refractivity contribution in [1.82, 2.24) is 16.0 Å². The van der Waals surface area contributed by atoms with Crippen LogP contribution in [0.5, 0.6) is 0 Å². The summed E-state index contributed by atoms with van der Waals surface area (Å²) in [7, 11) is 0. The summed E-state index contributed by atoms with van der Waals surface area (Å²) in [6.07, 6.45) is -0.796. The van der Waals surface area contributed by atoms with Gasteiger partial charge < -0.3 is 31.9 Å². The summed E-state index contributed by atoms with van der Waals surface area (Å²) in [6.45, 7) is 4.15. The molecule has 0 saturated heterocycles. The predicted octanol–water partition coefficient (Wildman–Crippen LogP) is -2.46. The van der Waals surface area contributed by atoms with Crippen molar-refractivity contribution < 1.29 is 29.4 Å². The summed E-state index contributed by atoms with van der Waals surface area (Å²) < 4.78 is 0. The first-order valence-corrected chi connectivity index (χ1v) is 7.54. The van der Waals surface area contributed by atoms with Gasteiger partial charge in [0.2, 0.25) is 17.7 Å². The van der Waals surface area contributed by atoms with Crippen molar-refractivity contribution in [1.29, 1.82) is 0 Å². The van der Waals surface area contributed by atoms with Crippen LogP contribution in [0.25, 0.3) is 0 Å². The number of nitrogens with one attached hydrogen (secondary N) is 3. The predicted molar refractivity (Wildman–Crippen MR) is 84.7 cm³/mol. The van der Waals surface area contributed by atoms with E-state index in [0.717, 1.165) is 0 Å². The Morgan fingerprint density at radius 1 is 1.00 bits per heavy atom. The van der Waals surface area contributed by atoms with Crippen LogP contribution in [0.1, 0.15) is 27.2 Å². The van der Waals surface area contributed by atoms with Crippen molar-refractivity contribution >= 4 is 23.7 Å². The van der Waals surface area contributed by atoms with E-state index in [4.69, 9.17) is 15.9 Å². The molecule has 0 bridgehead atoms. The second-order valence-electron chi connectivity index (χ2n) is 5.85. The van der Waals surface area contributed by atoms with E-state index < -0.39 is 55.0 Å². The Balaban J connectivity index is 4.19. The van der Waals surface area contributed by atoms with E-state index in [9.17, 15) is 19.2 Å². The second-order valence-corrected chi connectivity index (χ2v) is 5.85. The highest BCUT2D eigenvalue weighted by Crippen LogP contribution is 2.04. The molecule has 0 aromatic heterocycles. The summed E-state index contributed by atoms with van der Waals surface area (Å²) in [5.41, 5.74) is 5.38. The van der Waals surface area contributed by atoms with Gasteiger partial charge in [-0.15, -0.1) is 0 Å². The third-order valence-corrected chi connectivity index (χ3v) is 3.03. The molecule has 0 fully saturated rings. The lowest BCUT2D eigenvalue weighted by atomic mass is 10.0. The molecule has 0 aromatic carbocycles. The maximum Gasteiger partial charge on any atom is 0.326 e. The number of hydrogen-bond acceptors (Lipinski definition) is 6. The lowest BCUT2D eigenvalue weighted by molar-refractivity contribution is -0.142. The number of hydrogen-bond donors (Lipinski definition) is 6. The van der Waals surface area contributed by atoms with Gasteiger partial charge in [-0.2, -0.15) is 0 Å². The van der Waals surface area contributed by atoms with Gasteiger partial charge in [-0.05, 0) is 19.3 Å². The number of nitrogens with two attached hydrogens (primary N) is 1. The molecule has 138 valence electrons. The van der Waals surface area contributed by atoms with Crippen LogP contribution in [0.15, 0.2) is 0 Å². The number of carbonyl (C=O) groups excluding carboxylic acids is 3. The zero-order valence-electron chi connectivity index (χ0n) is 14.0. The minimum absolute atomic E-state index is 0.0781. The number of rotatable bonds is 10. The number of amides is 3. The third kappa shape index (κ3) is 9.06. The minimum atomic E-state index is -1.16. The molecule has 0 aliphatic heterocycles. The molecule has 0 aliphatic carbocycles. The minimum Gasteiger partial charge on any atom is -0.480 e. The maximum atomic E-state index is 11.6. The second kappa shape index (κ2) is 10.6. The van der Waals surface area contributed by atoms with Gasteiger partial charge in [-0.25, -0.2) is 4.79 Å². The molecule has 7 N–H and O–H groups in total. The van der Waals surface area contributed by atoms with Crippen molar-refractivity contribution in [3.05, 3.63) is 0 Å². The first-order valence-electron chi connectivity index (χ1n) is 7.54. The smallest absolute Gasteiger partial charge is 0.326 e. The monoisotopic (exact) mass is 346 g/mol. The largest absolute Gasteiger partial charge is 0.480 e. The Morgan fingerprint density at radius 2 is 1.54 bits per heavy atom. The molecule has 24 heavy (non-hydrogen) atoms. The first kappa shape index (κ1) is 21.8. The van der Waals surface area contributed by atoms with Gasteiger partial charge in [0.1, 0.15) is 12.1 Å². The van der Waals surface area contributed by atoms with Crippen LogP contribution < -0.4 is 21.7 Å². The molecule has 0 heterocycles. The van der Waals surface area contributed by atoms with Crippen molar-refractivity contribution in [3.8, 4) is 0 Å². The summed E-state index contributed by atoms with van der Waals surface area (Å²) in [5.74, 6) is -3.07. The van der Waals surface area contributed by atoms with Crippen LogP contribution in [0, 0.1) is 5.92 Å². The molecule has 0 aromatic rings. The summed E-state index contributed by atoms with van der Waals surface area (Å²) >= 11 is 0. The van der Waals surface area contributed by atoms with Crippen LogP contribution in [0.4, 0.5) is 0 Å². The Hall–Kier alpha value is -2.20. The van der Waals surface area contributed by atoms with E-state index >= 15 is 0 Å². The number of carboxylic acid groups (broad SMARTS) is 1. The Morgan fingerprint density at radius 3 is 2.00 bits per heavy atom. The molecule has 10 nitrogen and oxygen atoms in total. The number of aliphatic hydroxyl groups is 1. The van der Waals surface area contributed by atoms with E-state index in [1.165, 1.54) is 6.92 Å². The highest BCUT2D eigenvalue weighted by atomic mass is 16.4. The average Bonchev–Trinajstić information content (AvgIpc) is 2.48. The Labute approximate surface area is 140 Å². The molecule has 0 radical (unpaired) electrons. The SMILES string of the molecule is CC(C)CC(NC(=O)CNC(=O)CNC(=O)C(N)C(C)O)C(=O)O. The van der Waals surface area contributed by atoms with Crippen LogP contribution in [0.3, 0.4) is 0 Å². The standard InChI is InChI=1S/C14H26N4O6/c1-7(2)4-9(14(23)24)18-11(21)6-16-10(20)5-17-13(22)12(15)8(3)19/h7-9,12,19H,4-6,15H2,1-3H3,(H,16,20)(H,17,22)(H,18,21)(H,23,24). The quantitative estimate of drug-likeness (QED) is 0.255. The fourth-order valence-corrected chi connectivity index (χ4v) is 1.68. The molecule has 3 atom stereocenters. The highest BCUT2D eigenvalue weighted by molar-refractivity contribution is 5.90. The van der Waals surface area contributed by atoms with E-state index in [2.05, 4.69) is 16.0 Å². The lowest BCUT2D eigenvalue weighted by Crippen LogP contribution is -2.50. The van der Waals surface area contributed by atoms with E-state index in [-0.39, 0.29) is 12.3 Å². The normalized spacial score (nSPS) is 14.4. The molecule has 0 rings (SSSR count). The van der Waals surface area contributed by atoms with Crippen molar-refractivity contribution in [2.45, 2.75) is 45.4 Å². The van der Waals surface area contributed by atoms with Gasteiger partial charge in [-0.1, -0.05) is 13.8 Å². The zero-order chi connectivity index (χ0) is 18.9. The number of aliphatic hydroxyl groups excluding tert-OH is 1. The highest BCUT2D eigenvalue weighted by Gasteiger charge is 2.22. The molecule has 3 amide bonds. The summed E-state index contributed by atoms with van der Waals surface area (Å²) in [6, 6.07) is -2.19. The van der Waals surface area contributed by atoms with Gasteiger partial charge in [0.25, 0.3) is 0 Å². The lowest BCUT2D eigenvalue weighted by Gasteiger charge is -2.17. The van der Waals surface area contributed by atoms with Gasteiger partial charge >= 0.3 is 5.97 Å². The maximum absolute atomic E-state index is 11.6. The van der Waals surface area contributed by atoms with Crippen molar-refractivity contribution in [3.63, 3.8) is 0 Å².